The SMILES string of the molecule is CSCCNC(=O)CC(C)=O. The maximum absolute atomic E-state index is 10.8. The van der Waals surface area contributed by atoms with Crippen LogP contribution >= 0.6 is 11.8 Å². The maximum atomic E-state index is 10.8. The van der Waals surface area contributed by atoms with Crippen LogP contribution < -0.4 is 5.32 Å². The first-order valence-electron chi connectivity index (χ1n) is 3.42. The summed E-state index contributed by atoms with van der Waals surface area (Å²) in [5.74, 6) is 0.627. The molecule has 0 aliphatic heterocycles. The van der Waals surface area contributed by atoms with E-state index in [-0.39, 0.29) is 18.1 Å². The Balaban J connectivity index is 3.30. The predicted octanol–water partition coefficient (Wildman–Crippen LogP) is 0.445. The van der Waals surface area contributed by atoms with Crippen molar-refractivity contribution in [1.82, 2.24) is 5.32 Å². The van der Waals surface area contributed by atoms with Gasteiger partial charge in [0.05, 0.1) is 6.42 Å². The van der Waals surface area contributed by atoms with Gasteiger partial charge in [0.15, 0.2) is 0 Å². The zero-order chi connectivity index (χ0) is 8.69. The predicted molar refractivity (Wildman–Crippen MR) is 46.7 cm³/mol. The molecule has 0 aliphatic rings. The third kappa shape index (κ3) is 7.39. The van der Waals surface area contributed by atoms with Gasteiger partial charge < -0.3 is 5.32 Å². The van der Waals surface area contributed by atoms with E-state index in [0.29, 0.717) is 6.54 Å². The van der Waals surface area contributed by atoms with Crippen molar-refractivity contribution >= 4 is 23.5 Å². The minimum absolute atomic E-state index is 0.00831. The van der Waals surface area contributed by atoms with Crippen molar-refractivity contribution in [2.75, 3.05) is 18.6 Å². The van der Waals surface area contributed by atoms with Crippen LogP contribution in [0.1, 0.15) is 13.3 Å². The quantitative estimate of drug-likeness (QED) is 0.487. The summed E-state index contributed by atoms with van der Waals surface area (Å²) in [7, 11) is 0. The van der Waals surface area contributed by atoms with Gasteiger partial charge in [0.1, 0.15) is 5.78 Å². The molecule has 0 aromatic carbocycles. The lowest BCUT2D eigenvalue weighted by Gasteiger charge is -2.00. The molecule has 0 unspecified atom stereocenters. The fourth-order valence-electron chi connectivity index (χ4n) is 0.581. The van der Waals surface area contributed by atoms with E-state index < -0.39 is 0 Å². The van der Waals surface area contributed by atoms with Crippen LogP contribution in [0.2, 0.25) is 0 Å². The van der Waals surface area contributed by atoms with Gasteiger partial charge in [-0.1, -0.05) is 0 Å². The van der Waals surface area contributed by atoms with Crippen LogP contribution in [0.5, 0.6) is 0 Å². The number of rotatable bonds is 5. The zero-order valence-electron chi connectivity index (χ0n) is 6.85. The lowest BCUT2D eigenvalue weighted by Crippen LogP contribution is -2.26. The molecule has 0 fully saturated rings. The van der Waals surface area contributed by atoms with Crippen LogP contribution in [0.4, 0.5) is 0 Å². The van der Waals surface area contributed by atoms with Crippen LogP contribution in [-0.2, 0) is 9.59 Å². The molecule has 0 rings (SSSR count). The van der Waals surface area contributed by atoms with Crippen LogP contribution in [-0.4, -0.2) is 30.2 Å². The minimum Gasteiger partial charge on any atom is -0.355 e. The average molecular weight is 175 g/mol. The molecule has 0 spiro atoms. The van der Waals surface area contributed by atoms with Crippen LogP contribution in [0.25, 0.3) is 0 Å². The molecule has 0 aliphatic carbocycles. The molecule has 3 nitrogen and oxygen atoms in total. The first-order valence-corrected chi connectivity index (χ1v) is 4.81. The second-order valence-electron chi connectivity index (χ2n) is 2.22. The highest BCUT2D eigenvalue weighted by atomic mass is 32.2. The van der Waals surface area contributed by atoms with Crippen LogP contribution in [0.3, 0.4) is 0 Å². The highest BCUT2D eigenvalue weighted by Crippen LogP contribution is 1.88. The number of ketones is 1. The lowest BCUT2D eigenvalue weighted by atomic mass is 10.3. The zero-order valence-corrected chi connectivity index (χ0v) is 7.66. The van der Waals surface area contributed by atoms with Gasteiger partial charge in [0.2, 0.25) is 5.91 Å². The standard InChI is InChI=1S/C7H13NO2S/c1-6(9)5-7(10)8-3-4-11-2/h3-5H2,1-2H3,(H,8,10). The Labute approximate surface area is 70.9 Å². The molecule has 0 aromatic heterocycles. The highest BCUT2D eigenvalue weighted by Gasteiger charge is 2.02. The van der Waals surface area contributed by atoms with Crippen molar-refractivity contribution < 1.29 is 9.59 Å². The van der Waals surface area contributed by atoms with Crippen LogP contribution in [0.15, 0.2) is 0 Å². The molecule has 64 valence electrons. The average Bonchev–Trinajstić information content (AvgIpc) is 1.86. The number of Topliss-reactive ketones (excluding diaryl/α,β-unsaturated/α-hetero) is 1. The molecule has 0 bridgehead atoms. The molecule has 1 amide bonds. The van der Waals surface area contributed by atoms with E-state index in [1.165, 1.54) is 6.92 Å². The van der Waals surface area contributed by atoms with Crippen molar-refractivity contribution in [3.8, 4) is 0 Å². The Morgan fingerprint density at radius 3 is 2.55 bits per heavy atom. The molecule has 11 heavy (non-hydrogen) atoms. The molecule has 0 saturated heterocycles. The third-order valence-electron chi connectivity index (χ3n) is 1.04. The van der Waals surface area contributed by atoms with E-state index in [1.807, 2.05) is 6.26 Å². The van der Waals surface area contributed by atoms with Gasteiger partial charge in [-0.05, 0) is 13.2 Å². The highest BCUT2D eigenvalue weighted by molar-refractivity contribution is 7.98. The summed E-state index contributed by atoms with van der Waals surface area (Å²) in [5.41, 5.74) is 0. The summed E-state index contributed by atoms with van der Waals surface area (Å²) in [6.45, 7) is 2.06. The second kappa shape index (κ2) is 6.22. The molecular formula is C7H13NO2S. The number of hydrogen-bond donors (Lipinski definition) is 1. The van der Waals surface area contributed by atoms with Crippen molar-refractivity contribution in [2.45, 2.75) is 13.3 Å². The Morgan fingerprint density at radius 2 is 2.09 bits per heavy atom. The van der Waals surface area contributed by atoms with Gasteiger partial charge in [-0.3, -0.25) is 9.59 Å². The van der Waals surface area contributed by atoms with E-state index in [2.05, 4.69) is 5.32 Å². The van der Waals surface area contributed by atoms with Crippen LogP contribution in [0, 0.1) is 0 Å². The molecule has 1 N–H and O–H groups in total. The topological polar surface area (TPSA) is 46.2 Å². The molecular weight excluding hydrogens is 162 g/mol. The number of hydrogen-bond acceptors (Lipinski definition) is 3. The van der Waals surface area contributed by atoms with Gasteiger partial charge in [0, 0.05) is 12.3 Å². The van der Waals surface area contributed by atoms with Crippen molar-refractivity contribution in [3.63, 3.8) is 0 Å². The lowest BCUT2D eigenvalue weighted by molar-refractivity contribution is -0.127. The molecule has 4 heteroatoms. The Morgan fingerprint density at radius 1 is 1.45 bits per heavy atom. The number of carbonyl (C=O) groups is 2. The molecule has 0 heterocycles. The Kier molecular flexibility index (Phi) is 5.93. The number of carbonyl (C=O) groups excluding carboxylic acids is 2. The minimum atomic E-state index is -0.174. The third-order valence-corrected chi connectivity index (χ3v) is 1.65. The molecule has 0 saturated carbocycles. The number of amides is 1. The van der Waals surface area contributed by atoms with Gasteiger partial charge in [-0.2, -0.15) is 11.8 Å². The second-order valence-corrected chi connectivity index (χ2v) is 3.21. The first kappa shape index (κ1) is 10.5. The summed E-state index contributed by atoms with van der Waals surface area (Å²) >= 11 is 1.66. The smallest absolute Gasteiger partial charge is 0.227 e. The monoisotopic (exact) mass is 175 g/mol. The molecule has 0 radical (unpaired) electrons. The van der Waals surface area contributed by atoms with E-state index >= 15 is 0 Å². The normalized spacial score (nSPS) is 9.27. The van der Waals surface area contributed by atoms with Gasteiger partial charge >= 0.3 is 0 Å². The van der Waals surface area contributed by atoms with Crippen molar-refractivity contribution in [3.05, 3.63) is 0 Å². The van der Waals surface area contributed by atoms with Crippen molar-refractivity contribution in [2.24, 2.45) is 0 Å². The van der Waals surface area contributed by atoms with E-state index in [1.54, 1.807) is 11.8 Å². The Bertz CT molecular complexity index is 147. The van der Waals surface area contributed by atoms with E-state index in [9.17, 15) is 9.59 Å². The van der Waals surface area contributed by atoms with Gasteiger partial charge in [0.25, 0.3) is 0 Å². The Hall–Kier alpha value is -0.510. The number of thioether (sulfide) groups is 1. The summed E-state index contributed by atoms with van der Waals surface area (Å²) in [6, 6.07) is 0. The van der Waals surface area contributed by atoms with Gasteiger partial charge in [-0.15, -0.1) is 0 Å². The molecule has 0 aromatic rings. The van der Waals surface area contributed by atoms with Gasteiger partial charge in [-0.25, -0.2) is 0 Å². The summed E-state index contributed by atoms with van der Waals surface area (Å²) in [6.07, 6.45) is 1.98. The fraction of sp³-hybridized carbons (Fsp3) is 0.714. The van der Waals surface area contributed by atoms with Crippen molar-refractivity contribution in [1.29, 1.82) is 0 Å². The summed E-state index contributed by atoms with van der Waals surface area (Å²) in [5, 5.41) is 2.63. The van der Waals surface area contributed by atoms with E-state index in [0.717, 1.165) is 5.75 Å². The fourth-order valence-corrected chi connectivity index (χ4v) is 0.887. The summed E-state index contributed by atoms with van der Waals surface area (Å²) in [4.78, 5) is 21.2. The molecule has 0 atom stereocenters. The van der Waals surface area contributed by atoms with E-state index in [4.69, 9.17) is 0 Å². The first-order chi connectivity index (χ1) is 5.16. The summed E-state index contributed by atoms with van der Waals surface area (Å²) < 4.78 is 0. The largest absolute Gasteiger partial charge is 0.355 e. The maximum Gasteiger partial charge on any atom is 0.227 e. The number of nitrogens with one attached hydrogen (secondary N) is 1.